The summed E-state index contributed by atoms with van der Waals surface area (Å²) < 4.78 is 20.9. The number of carbonyl (C=O) groups is 2. The van der Waals surface area contributed by atoms with Crippen molar-refractivity contribution in [1.82, 2.24) is 4.98 Å². The minimum atomic E-state index is -0.654. The van der Waals surface area contributed by atoms with Crippen molar-refractivity contribution in [2.24, 2.45) is 0 Å². The topological polar surface area (TPSA) is 91.1 Å². The number of anilines is 1. The molecule has 0 fully saturated rings. The molecule has 8 nitrogen and oxygen atoms in total. The lowest BCUT2D eigenvalue weighted by Gasteiger charge is -2.31. The molecule has 0 radical (unpaired) electrons. The van der Waals surface area contributed by atoms with Crippen molar-refractivity contribution in [3.05, 3.63) is 58.8 Å². The van der Waals surface area contributed by atoms with Gasteiger partial charge in [0, 0.05) is 16.3 Å². The number of benzene rings is 2. The SMILES string of the molecule is COC(=O)C1=C(C(=O)OC)N(c2ccc(-c3nc4cc(Cl)ccc4o3)cc2)COC1. The van der Waals surface area contributed by atoms with E-state index in [1.807, 2.05) is 0 Å². The van der Waals surface area contributed by atoms with Gasteiger partial charge in [0.15, 0.2) is 5.58 Å². The molecule has 2 aromatic carbocycles. The van der Waals surface area contributed by atoms with E-state index in [2.05, 4.69) is 4.98 Å². The lowest BCUT2D eigenvalue weighted by Crippen LogP contribution is -2.38. The second kappa shape index (κ2) is 8.17. The van der Waals surface area contributed by atoms with Gasteiger partial charge in [0.2, 0.25) is 5.89 Å². The average Bonchev–Trinajstić information content (AvgIpc) is 3.20. The largest absolute Gasteiger partial charge is 0.466 e. The van der Waals surface area contributed by atoms with Gasteiger partial charge in [0.25, 0.3) is 0 Å². The van der Waals surface area contributed by atoms with E-state index in [1.54, 1.807) is 47.4 Å². The Morgan fingerprint density at radius 2 is 1.80 bits per heavy atom. The van der Waals surface area contributed by atoms with E-state index in [0.717, 1.165) is 5.56 Å². The van der Waals surface area contributed by atoms with Crippen LogP contribution in [-0.2, 0) is 23.8 Å². The standard InChI is InChI=1S/C21H17ClN2O6/c1-27-20(25)15-10-29-11-24(18(15)21(26)28-2)14-6-3-12(4-7-14)19-23-16-9-13(22)5-8-17(16)30-19/h3-9H,10-11H2,1-2H3. The van der Waals surface area contributed by atoms with E-state index < -0.39 is 11.9 Å². The Kier molecular flexibility index (Phi) is 5.43. The smallest absolute Gasteiger partial charge is 0.355 e. The third-order valence-corrected chi connectivity index (χ3v) is 4.84. The molecule has 0 atom stereocenters. The zero-order valence-electron chi connectivity index (χ0n) is 16.2. The molecule has 0 unspecified atom stereocenters. The molecule has 0 spiro atoms. The fourth-order valence-corrected chi connectivity index (χ4v) is 3.32. The van der Waals surface area contributed by atoms with E-state index in [1.165, 1.54) is 14.2 Å². The Morgan fingerprint density at radius 1 is 1.07 bits per heavy atom. The lowest BCUT2D eigenvalue weighted by molar-refractivity contribution is -0.140. The maximum absolute atomic E-state index is 12.4. The first kappa shape index (κ1) is 19.9. The second-order valence-electron chi connectivity index (χ2n) is 6.39. The molecule has 0 N–H and O–H groups in total. The van der Waals surface area contributed by atoms with Crippen LogP contribution >= 0.6 is 11.6 Å². The number of aromatic nitrogens is 1. The van der Waals surface area contributed by atoms with Crippen molar-refractivity contribution in [2.45, 2.75) is 0 Å². The highest BCUT2D eigenvalue weighted by Crippen LogP contribution is 2.30. The van der Waals surface area contributed by atoms with Gasteiger partial charge in [-0.1, -0.05) is 11.6 Å². The molecule has 1 aliphatic heterocycles. The minimum Gasteiger partial charge on any atom is -0.466 e. The molecule has 9 heteroatoms. The third-order valence-electron chi connectivity index (χ3n) is 4.61. The molecule has 4 rings (SSSR count). The number of rotatable bonds is 4. The molecule has 1 aromatic heterocycles. The van der Waals surface area contributed by atoms with Crippen molar-refractivity contribution in [3.8, 4) is 11.5 Å². The Labute approximate surface area is 176 Å². The Bertz CT molecular complexity index is 1150. The van der Waals surface area contributed by atoms with Gasteiger partial charge in [0.1, 0.15) is 17.9 Å². The first-order valence-electron chi connectivity index (χ1n) is 8.93. The fourth-order valence-electron chi connectivity index (χ4n) is 3.16. The highest BCUT2D eigenvalue weighted by atomic mass is 35.5. The van der Waals surface area contributed by atoms with E-state index >= 15 is 0 Å². The Balaban J connectivity index is 1.69. The van der Waals surface area contributed by atoms with Gasteiger partial charge < -0.3 is 23.5 Å². The van der Waals surface area contributed by atoms with Gasteiger partial charge in [-0.25, -0.2) is 14.6 Å². The van der Waals surface area contributed by atoms with Crippen LogP contribution in [0.5, 0.6) is 0 Å². The van der Waals surface area contributed by atoms with Crippen LogP contribution in [0.2, 0.25) is 5.02 Å². The number of oxazole rings is 1. The number of halogens is 1. The zero-order chi connectivity index (χ0) is 21.3. The van der Waals surface area contributed by atoms with Gasteiger partial charge in [-0.3, -0.25) is 0 Å². The highest BCUT2D eigenvalue weighted by molar-refractivity contribution is 6.31. The van der Waals surface area contributed by atoms with Crippen LogP contribution in [0.25, 0.3) is 22.6 Å². The molecule has 0 saturated heterocycles. The number of carbonyl (C=O) groups excluding carboxylic acids is 2. The van der Waals surface area contributed by atoms with Crippen LogP contribution in [0.4, 0.5) is 5.69 Å². The molecule has 2 heterocycles. The number of ether oxygens (including phenoxy) is 3. The summed E-state index contributed by atoms with van der Waals surface area (Å²) in [5, 5.41) is 0.575. The van der Waals surface area contributed by atoms with Gasteiger partial charge in [-0.05, 0) is 42.5 Å². The average molecular weight is 429 g/mol. The van der Waals surface area contributed by atoms with E-state index in [-0.39, 0.29) is 24.6 Å². The van der Waals surface area contributed by atoms with Gasteiger partial charge in [-0.2, -0.15) is 0 Å². The third kappa shape index (κ3) is 3.62. The Morgan fingerprint density at radius 3 is 2.50 bits per heavy atom. The van der Waals surface area contributed by atoms with Crippen LogP contribution in [0.1, 0.15) is 0 Å². The minimum absolute atomic E-state index is 0.0445. The number of fused-ring (bicyclic) bond motifs is 1. The van der Waals surface area contributed by atoms with Crippen molar-refractivity contribution in [2.75, 3.05) is 32.5 Å². The lowest BCUT2D eigenvalue weighted by atomic mass is 10.1. The number of methoxy groups -OCH3 is 2. The molecular weight excluding hydrogens is 412 g/mol. The Hall–Kier alpha value is -3.36. The van der Waals surface area contributed by atoms with Crippen molar-refractivity contribution < 1.29 is 28.2 Å². The summed E-state index contributed by atoms with van der Waals surface area (Å²) in [5.74, 6) is -0.867. The summed E-state index contributed by atoms with van der Waals surface area (Å²) in [6.45, 7) is 0.0306. The maximum atomic E-state index is 12.4. The van der Waals surface area contributed by atoms with Crippen molar-refractivity contribution >= 4 is 40.3 Å². The van der Waals surface area contributed by atoms with Crippen molar-refractivity contribution in [1.29, 1.82) is 0 Å². The number of nitrogens with zero attached hydrogens (tertiary/aromatic N) is 2. The normalized spacial score (nSPS) is 14.2. The molecule has 30 heavy (non-hydrogen) atoms. The monoisotopic (exact) mass is 428 g/mol. The molecule has 154 valence electrons. The van der Waals surface area contributed by atoms with Gasteiger partial charge in [-0.15, -0.1) is 0 Å². The first-order valence-corrected chi connectivity index (χ1v) is 9.31. The predicted octanol–water partition coefficient (Wildman–Crippen LogP) is 3.54. The van der Waals surface area contributed by atoms with Crippen molar-refractivity contribution in [3.63, 3.8) is 0 Å². The molecule has 0 bridgehead atoms. The van der Waals surface area contributed by atoms with E-state index in [0.29, 0.717) is 27.7 Å². The van der Waals surface area contributed by atoms with Crippen LogP contribution in [0.15, 0.2) is 58.2 Å². The summed E-state index contributed by atoms with van der Waals surface area (Å²) >= 11 is 6.00. The molecule has 1 aliphatic rings. The molecule has 0 amide bonds. The summed E-state index contributed by atoms with van der Waals surface area (Å²) in [6, 6.07) is 12.3. The summed E-state index contributed by atoms with van der Waals surface area (Å²) in [6.07, 6.45) is 0. The van der Waals surface area contributed by atoms with Crippen LogP contribution < -0.4 is 4.90 Å². The second-order valence-corrected chi connectivity index (χ2v) is 6.83. The van der Waals surface area contributed by atoms with Crippen LogP contribution in [0, 0.1) is 0 Å². The van der Waals surface area contributed by atoms with Gasteiger partial charge in [0.05, 0.1) is 26.4 Å². The molecular formula is C21H17ClN2O6. The molecule has 0 saturated carbocycles. The highest BCUT2D eigenvalue weighted by Gasteiger charge is 2.32. The van der Waals surface area contributed by atoms with Gasteiger partial charge >= 0.3 is 11.9 Å². The van der Waals surface area contributed by atoms with E-state index in [9.17, 15) is 9.59 Å². The quantitative estimate of drug-likeness (QED) is 0.583. The number of esters is 2. The number of hydrogen-bond acceptors (Lipinski definition) is 8. The molecule has 0 aliphatic carbocycles. The van der Waals surface area contributed by atoms with Crippen LogP contribution in [0.3, 0.4) is 0 Å². The first-order chi connectivity index (χ1) is 14.5. The predicted molar refractivity (Wildman–Crippen MR) is 109 cm³/mol. The number of hydrogen-bond donors (Lipinski definition) is 0. The molecule has 3 aromatic rings. The summed E-state index contributed by atoms with van der Waals surface area (Å²) in [5.41, 5.74) is 2.82. The summed E-state index contributed by atoms with van der Waals surface area (Å²) in [4.78, 5) is 30.5. The maximum Gasteiger partial charge on any atom is 0.355 e. The fraction of sp³-hybridized carbons (Fsp3) is 0.190. The summed E-state index contributed by atoms with van der Waals surface area (Å²) in [7, 11) is 2.49. The zero-order valence-corrected chi connectivity index (χ0v) is 16.9. The van der Waals surface area contributed by atoms with Crippen LogP contribution in [-0.4, -0.2) is 44.5 Å². The van der Waals surface area contributed by atoms with E-state index in [4.69, 9.17) is 30.2 Å².